The summed E-state index contributed by atoms with van der Waals surface area (Å²) in [5.74, 6) is -44.5. The minimum atomic E-state index is -7.65. The van der Waals surface area contributed by atoms with E-state index in [0.29, 0.717) is 0 Å². The van der Waals surface area contributed by atoms with Crippen LogP contribution in [0.1, 0.15) is 30.5 Å². The predicted octanol–water partition coefficient (Wildman–Crippen LogP) is 7.76. The number of benzene rings is 1. The molecule has 36 heavy (non-hydrogen) atoms. The summed E-state index contributed by atoms with van der Waals surface area (Å²) in [6.45, 7) is 0.00314. The van der Waals surface area contributed by atoms with E-state index in [-0.39, 0.29) is 13.8 Å². The van der Waals surface area contributed by atoms with E-state index in [0.717, 1.165) is 0 Å². The van der Waals surface area contributed by atoms with Gasteiger partial charge in [0, 0.05) is 16.7 Å². The van der Waals surface area contributed by atoms with Gasteiger partial charge < -0.3 is 5.11 Å². The first kappa shape index (κ1) is 31.9. The lowest BCUT2D eigenvalue weighted by Crippen LogP contribution is -2.61. The normalized spacial score (nSPS) is 15.9. The molecule has 210 valence electrons. The zero-order valence-electron chi connectivity index (χ0n) is 17.0. The van der Waals surface area contributed by atoms with Gasteiger partial charge in [-0.15, -0.1) is 0 Å². The molecule has 19 heteroatoms. The second-order valence-electron chi connectivity index (χ2n) is 7.73. The Labute approximate surface area is 187 Å². The van der Waals surface area contributed by atoms with Crippen molar-refractivity contribution in [2.75, 3.05) is 0 Å². The first-order valence-corrected chi connectivity index (χ1v) is 8.62. The van der Waals surface area contributed by atoms with E-state index in [1.807, 2.05) is 0 Å². The Morgan fingerprint density at radius 2 is 0.722 bits per heavy atom. The average Bonchev–Trinajstić information content (AvgIpc) is 2.64. The molecule has 0 radical (unpaired) electrons. The van der Waals surface area contributed by atoms with E-state index < -0.39 is 88.4 Å². The van der Waals surface area contributed by atoms with Crippen LogP contribution in [0, 0.1) is 0 Å². The summed E-state index contributed by atoms with van der Waals surface area (Å²) in [7, 11) is 0. The van der Waals surface area contributed by atoms with Crippen molar-refractivity contribution in [1.82, 2.24) is 0 Å². The summed E-state index contributed by atoms with van der Waals surface area (Å²) in [6.07, 6.45) is -14.9. The maximum atomic E-state index is 14.4. The largest absolute Gasteiger partial charge is 0.460 e. The lowest BCUT2D eigenvalue weighted by atomic mass is 9.80. The Morgan fingerprint density at radius 1 is 0.472 bits per heavy atom. The van der Waals surface area contributed by atoms with Crippen LogP contribution >= 0.6 is 0 Å². The molecule has 0 aliphatic carbocycles. The summed E-state index contributed by atoms with van der Waals surface area (Å²) < 4.78 is 240. The monoisotopic (exact) mass is 572 g/mol. The summed E-state index contributed by atoms with van der Waals surface area (Å²) in [6, 6.07) is -1.70. The van der Waals surface area contributed by atoms with Gasteiger partial charge in [-0.25, -0.2) is 0 Å². The fourth-order valence-electron chi connectivity index (χ4n) is 2.82. The Kier molecular flexibility index (Phi) is 7.29. The molecule has 0 fully saturated rings. The van der Waals surface area contributed by atoms with Gasteiger partial charge in [0.1, 0.15) is 0 Å². The van der Waals surface area contributed by atoms with E-state index in [1.165, 1.54) is 0 Å². The van der Waals surface area contributed by atoms with Gasteiger partial charge in [-0.3, -0.25) is 0 Å². The van der Waals surface area contributed by atoms with Crippen molar-refractivity contribution in [2.24, 2.45) is 0 Å². The third kappa shape index (κ3) is 4.33. The quantitative estimate of drug-likeness (QED) is 0.332. The van der Waals surface area contributed by atoms with Crippen molar-refractivity contribution in [3.05, 3.63) is 34.9 Å². The maximum Gasteiger partial charge on any atom is 0.460 e. The molecule has 0 saturated heterocycles. The van der Waals surface area contributed by atoms with Crippen LogP contribution in [0.2, 0.25) is 0 Å². The van der Waals surface area contributed by atoms with Gasteiger partial charge >= 0.3 is 47.9 Å². The Hall–Kier alpha value is -2.08. The molecule has 0 spiro atoms. The van der Waals surface area contributed by atoms with Crippen LogP contribution in [0.15, 0.2) is 18.2 Å². The SMILES string of the molecule is CC(C)(O)c1c(C(F)(F)C(F)(F)C(F)(F)C(F)(F)F)cccc1C(F)(F)C(F)(F)C(F)(F)C(F)(F)F. The predicted molar refractivity (Wildman–Crippen MR) is 81.4 cm³/mol. The molecule has 0 aliphatic heterocycles. The minimum absolute atomic E-state index is 0.00157. The first-order valence-electron chi connectivity index (χ1n) is 8.62. The molecule has 0 bridgehead atoms. The van der Waals surface area contributed by atoms with Gasteiger partial charge in [-0.05, 0) is 13.8 Å². The molecule has 0 aromatic heterocycles. The molecule has 1 aromatic carbocycles. The lowest BCUT2D eigenvalue weighted by Gasteiger charge is -2.39. The molecule has 0 atom stereocenters. The molecule has 0 saturated carbocycles. The van der Waals surface area contributed by atoms with Crippen LogP contribution in [0.4, 0.5) is 79.0 Å². The number of halogens is 18. The topological polar surface area (TPSA) is 20.2 Å². The molecule has 1 N–H and O–H groups in total. The Morgan fingerprint density at radius 3 is 0.917 bits per heavy atom. The van der Waals surface area contributed by atoms with Crippen LogP contribution in [-0.2, 0) is 17.4 Å². The van der Waals surface area contributed by atoms with Crippen molar-refractivity contribution in [3.63, 3.8) is 0 Å². The second kappa shape index (κ2) is 8.21. The van der Waals surface area contributed by atoms with Crippen LogP contribution < -0.4 is 0 Å². The molecule has 0 aliphatic rings. The molecular formula is C17H10F18O. The minimum Gasteiger partial charge on any atom is -0.386 e. The van der Waals surface area contributed by atoms with Crippen LogP contribution in [0.25, 0.3) is 0 Å². The molecule has 0 amide bonds. The molecule has 0 heterocycles. The summed E-state index contributed by atoms with van der Waals surface area (Å²) in [4.78, 5) is 0. The van der Waals surface area contributed by atoms with Crippen LogP contribution in [-0.4, -0.2) is 41.1 Å². The fraction of sp³-hybridized carbons (Fsp3) is 0.647. The smallest absolute Gasteiger partial charge is 0.386 e. The number of alkyl halides is 18. The summed E-state index contributed by atoms with van der Waals surface area (Å²) >= 11 is 0. The van der Waals surface area contributed by atoms with E-state index in [4.69, 9.17) is 0 Å². The highest BCUT2D eigenvalue weighted by atomic mass is 19.4. The molecule has 0 unspecified atom stereocenters. The van der Waals surface area contributed by atoms with Crippen molar-refractivity contribution in [1.29, 1.82) is 0 Å². The van der Waals surface area contributed by atoms with Gasteiger partial charge in [0.15, 0.2) is 0 Å². The second-order valence-corrected chi connectivity index (χ2v) is 7.73. The van der Waals surface area contributed by atoms with E-state index in [1.54, 1.807) is 0 Å². The van der Waals surface area contributed by atoms with Gasteiger partial charge in [0.25, 0.3) is 0 Å². The number of hydrogen-bond acceptors (Lipinski definition) is 1. The standard InChI is InChI=1S/C17H10F18O/c1-9(2,36)8-6(10(18,19)12(22,23)14(26,27)16(30,31)32)4-3-5-7(8)11(20,21)13(24,25)15(28,29)17(33,34)35/h3-5,36H,1-2H3. The highest BCUT2D eigenvalue weighted by Gasteiger charge is 2.84. The maximum absolute atomic E-state index is 14.4. The van der Waals surface area contributed by atoms with Crippen molar-refractivity contribution >= 4 is 0 Å². The number of rotatable bonds is 7. The fourth-order valence-corrected chi connectivity index (χ4v) is 2.82. The third-order valence-corrected chi connectivity index (χ3v) is 4.64. The lowest BCUT2D eigenvalue weighted by molar-refractivity contribution is -0.401. The highest BCUT2D eigenvalue weighted by molar-refractivity contribution is 5.46. The Bertz CT molecular complexity index is 895. The number of aliphatic hydroxyl groups is 1. The third-order valence-electron chi connectivity index (χ3n) is 4.64. The van der Waals surface area contributed by atoms with E-state index in [2.05, 4.69) is 0 Å². The first-order chi connectivity index (χ1) is 15.3. The summed E-state index contributed by atoms with van der Waals surface area (Å²) in [5, 5.41) is 9.86. The summed E-state index contributed by atoms with van der Waals surface area (Å²) in [5.41, 5.74) is -12.7. The Balaban J connectivity index is 4.15. The van der Waals surface area contributed by atoms with E-state index in [9.17, 15) is 84.1 Å². The van der Waals surface area contributed by atoms with Crippen molar-refractivity contribution < 1.29 is 84.1 Å². The molecule has 1 nitrogen and oxygen atoms in total. The highest BCUT2D eigenvalue weighted by Crippen LogP contribution is 2.61. The van der Waals surface area contributed by atoms with Gasteiger partial charge in [-0.1, -0.05) is 18.2 Å². The average molecular weight is 572 g/mol. The number of hydrogen-bond donors (Lipinski definition) is 1. The zero-order valence-corrected chi connectivity index (χ0v) is 17.0. The van der Waals surface area contributed by atoms with Crippen LogP contribution in [0.3, 0.4) is 0 Å². The van der Waals surface area contributed by atoms with Crippen molar-refractivity contribution in [3.8, 4) is 0 Å². The van der Waals surface area contributed by atoms with E-state index >= 15 is 0 Å². The van der Waals surface area contributed by atoms with Gasteiger partial charge in [-0.2, -0.15) is 79.0 Å². The van der Waals surface area contributed by atoms with Gasteiger partial charge in [0.05, 0.1) is 5.60 Å². The van der Waals surface area contributed by atoms with Crippen LogP contribution in [0.5, 0.6) is 0 Å². The molecular weight excluding hydrogens is 562 g/mol. The van der Waals surface area contributed by atoms with Gasteiger partial charge in [0.2, 0.25) is 0 Å². The zero-order chi connectivity index (χ0) is 29.4. The molecule has 1 rings (SSSR count). The molecule has 1 aromatic rings. The van der Waals surface area contributed by atoms with Crippen molar-refractivity contribution in [2.45, 2.75) is 67.3 Å².